The minimum absolute atomic E-state index is 0.244. The number of hydrogen-bond donors (Lipinski definition) is 0. The van der Waals surface area contributed by atoms with E-state index >= 15 is 0 Å². The zero-order valence-corrected chi connectivity index (χ0v) is 8.73. The van der Waals surface area contributed by atoms with Crippen molar-refractivity contribution in [2.24, 2.45) is 0 Å². The Bertz CT molecular complexity index is 326. The molecule has 14 heavy (non-hydrogen) atoms. The lowest BCUT2D eigenvalue weighted by atomic mass is 9.98. The Kier molecular flexibility index (Phi) is 2.69. The molecule has 1 aliphatic rings. The number of rotatable bonds is 1. The molecule has 1 aromatic carbocycles. The van der Waals surface area contributed by atoms with Crippen LogP contribution in [0, 0.1) is 0 Å². The van der Waals surface area contributed by atoms with Crippen molar-refractivity contribution in [2.75, 3.05) is 0 Å². The van der Waals surface area contributed by atoms with Crippen LogP contribution in [0.25, 0.3) is 0 Å². The molecule has 1 aromatic rings. The fraction of sp³-hybridized carbons (Fsp3) is 0.385. The quantitative estimate of drug-likeness (QED) is 0.613. The highest BCUT2D eigenvalue weighted by atomic mass is 16.5. The van der Waals surface area contributed by atoms with Crippen LogP contribution in [0.5, 0.6) is 0 Å². The van der Waals surface area contributed by atoms with Crippen molar-refractivity contribution in [1.29, 1.82) is 0 Å². The van der Waals surface area contributed by atoms with E-state index in [2.05, 4.69) is 44.2 Å². The van der Waals surface area contributed by atoms with Crippen molar-refractivity contribution >= 4 is 0 Å². The Labute approximate surface area is 85.4 Å². The summed E-state index contributed by atoms with van der Waals surface area (Å²) in [5, 5.41) is 0. The van der Waals surface area contributed by atoms with Gasteiger partial charge < -0.3 is 4.74 Å². The van der Waals surface area contributed by atoms with Gasteiger partial charge in [-0.05, 0) is 25.8 Å². The van der Waals surface area contributed by atoms with Crippen LogP contribution in [0.3, 0.4) is 0 Å². The van der Waals surface area contributed by atoms with E-state index in [1.54, 1.807) is 0 Å². The topological polar surface area (TPSA) is 9.23 Å². The van der Waals surface area contributed by atoms with Crippen LogP contribution in [-0.4, -0.2) is 6.10 Å². The van der Waals surface area contributed by atoms with E-state index in [0.717, 1.165) is 6.42 Å². The smallest absolute Gasteiger partial charge is 0.0869 e. The number of ether oxygens (including phenoxy) is 1. The van der Waals surface area contributed by atoms with Gasteiger partial charge in [-0.3, -0.25) is 0 Å². The summed E-state index contributed by atoms with van der Waals surface area (Å²) in [5.41, 5.74) is 2.71. The molecule has 0 saturated carbocycles. The van der Waals surface area contributed by atoms with Gasteiger partial charge in [0, 0.05) is 0 Å². The van der Waals surface area contributed by atoms with Gasteiger partial charge in [-0.25, -0.2) is 0 Å². The molecule has 0 amide bonds. The van der Waals surface area contributed by atoms with Gasteiger partial charge in [0.2, 0.25) is 0 Å². The van der Waals surface area contributed by atoms with E-state index in [1.165, 1.54) is 11.1 Å². The minimum atomic E-state index is 0.244. The maximum Gasteiger partial charge on any atom is 0.0869 e. The Morgan fingerprint density at radius 3 is 2.57 bits per heavy atom. The molecule has 1 heteroatoms. The molecule has 0 spiro atoms. The maximum atomic E-state index is 5.87. The molecule has 2 atom stereocenters. The molecule has 0 unspecified atom stereocenters. The van der Waals surface area contributed by atoms with Crippen molar-refractivity contribution in [3.63, 3.8) is 0 Å². The van der Waals surface area contributed by atoms with Crippen LogP contribution in [0.2, 0.25) is 0 Å². The van der Waals surface area contributed by atoms with Crippen LogP contribution in [0.4, 0.5) is 0 Å². The molecule has 2 rings (SSSR count). The Hall–Kier alpha value is -1.08. The molecule has 0 aliphatic carbocycles. The van der Waals surface area contributed by atoms with Gasteiger partial charge in [0.05, 0.1) is 12.2 Å². The summed E-state index contributed by atoms with van der Waals surface area (Å²) in [4.78, 5) is 0. The fourth-order valence-electron chi connectivity index (χ4n) is 1.97. The minimum Gasteiger partial charge on any atom is -0.366 e. The maximum absolute atomic E-state index is 5.87. The lowest BCUT2D eigenvalue weighted by Gasteiger charge is -2.26. The summed E-state index contributed by atoms with van der Waals surface area (Å²) in [5.74, 6) is 0. The predicted octanol–water partition coefficient (Wildman–Crippen LogP) is 3.48. The molecule has 0 aromatic heterocycles. The normalized spacial score (nSPS) is 27.1. The first-order chi connectivity index (χ1) is 6.75. The third-order valence-electron chi connectivity index (χ3n) is 2.58. The molecule has 0 fully saturated rings. The average molecular weight is 188 g/mol. The summed E-state index contributed by atoms with van der Waals surface area (Å²) >= 11 is 0. The fourth-order valence-corrected chi connectivity index (χ4v) is 1.97. The molecular formula is C13H16O. The summed E-state index contributed by atoms with van der Waals surface area (Å²) in [6.07, 6.45) is 3.71. The van der Waals surface area contributed by atoms with Crippen LogP contribution in [0.15, 0.2) is 42.0 Å². The second-order valence-corrected chi connectivity index (χ2v) is 3.96. The van der Waals surface area contributed by atoms with E-state index < -0.39 is 0 Å². The zero-order valence-electron chi connectivity index (χ0n) is 8.73. The molecule has 0 radical (unpaired) electrons. The average Bonchev–Trinajstić information content (AvgIpc) is 2.18. The zero-order chi connectivity index (χ0) is 9.97. The van der Waals surface area contributed by atoms with Gasteiger partial charge in [-0.15, -0.1) is 0 Å². The predicted molar refractivity (Wildman–Crippen MR) is 58.1 cm³/mol. The summed E-state index contributed by atoms with van der Waals surface area (Å²) in [6.45, 7) is 4.27. The van der Waals surface area contributed by atoms with Gasteiger partial charge in [-0.1, -0.05) is 42.0 Å². The first kappa shape index (κ1) is 9.47. The third kappa shape index (κ3) is 2.05. The van der Waals surface area contributed by atoms with Gasteiger partial charge in [0.1, 0.15) is 0 Å². The van der Waals surface area contributed by atoms with Crippen molar-refractivity contribution in [3.05, 3.63) is 47.5 Å². The summed E-state index contributed by atoms with van der Waals surface area (Å²) in [7, 11) is 0. The van der Waals surface area contributed by atoms with Gasteiger partial charge in [0.25, 0.3) is 0 Å². The van der Waals surface area contributed by atoms with Crippen LogP contribution < -0.4 is 0 Å². The first-order valence-corrected chi connectivity index (χ1v) is 5.13. The molecule has 1 heterocycles. The second kappa shape index (κ2) is 3.97. The number of hydrogen-bond acceptors (Lipinski definition) is 1. The van der Waals surface area contributed by atoms with E-state index in [9.17, 15) is 0 Å². The van der Waals surface area contributed by atoms with Crippen molar-refractivity contribution in [2.45, 2.75) is 32.5 Å². The van der Waals surface area contributed by atoms with Crippen molar-refractivity contribution in [3.8, 4) is 0 Å². The summed E-state index contributed by atoms with van der Waals surface area (Å²) < 4.78 is 5.87. The highest BCUT2D eigenvalue weighted by Gasteiger charge is 2.19. The van der Waals surface area contributed by atoms with Gasteiger partial charge >= 0.3 is 0 Å². The lowest BCUT2D eigenvalue weighted by Crippen LogP contribution is -2.17. The number of benzene rings is 1. The van der Waals surface area contributed by atoms with Gasteiger partial charge in [-0.2, -0.15) is 0 Å². The second-order valence-electron chi connectivity index (χ2n) is 3.96. The monoisotopic (exact) mass is 188 g/mol. The van der Waals surface area contributed by atoms with Crippen LogP contribution >= 0.6 is 0 Å². The van der Waals surface area contributed by atoms with Crippen molar-refractivity contribution < 1.29 is 4.74 Å². The van der Waals surface area contributed by atoms with E-state index in [0.29, 0.717) is 0 Å². The lowest BCUT2D eigenvalue weighted by molar-refractivity contribution is 0.0114. The van der Waals surface area contributed by atoms with Crippen LogP contribution in [-0.2, 0) is 4.74 Å². The van der Waals surface area contributed by atoms with E-state index in [1.807, 2.05) is 6.07 Å². The largest absolute Gasteiger partial charge is 0.366 e. The van der Waals surface area contributed by atoms with Crippen LogP contribution in [0.1, 0.15) is 31.9 Å². The van der Waals surface area contributed by atoms with E-state index in [-0.39, 0.29) is 12.2 Å². The Morgan fingerprint density at radius 2 is 1.93 bits per heavy atom. The molecule has 0 bridgehead atoms. The molecule has 1 nitrogen and oxygen atoms in total. The molecule has 74 valence electrons. The summed E-state index contributed by atoms with van der Waals surface area (Å²) in [6, 6.07) is 10.4. The highest BCUT2D eigenvalue weighted by molar-refractivity contribution is 5.21. The standard InChI is InChI=1S/C13H16O/c1-10-8-11(2)14-13(9-10)12-6-4-3-5-7-12/h3-8,11,13H,9H2,1-2H3/t11-,13-/m1/s1. The Morgan fingerprint density at radius 1 is 1.21 bits per heavy atom. The molecule has 0 N–H and O–H groups in total. The molecule has 1 aliphatic heterocycles. The van der Waals surface area contributed by atoms with Gasteiger partial charge in [0.15, 0.2) is 0 Å². The van der Waals surface area contributed by atoms with Crippen molar-refractivity contribution in [1.82, 2.24) is 0 Å². The highest BCUT2D eigenvalue weighted by Crippen LogP contribution is 2.30. The Balaban J connectivity index is 2.18. The SMILES string of the molecule is CC1=C[C@@H](C)O[C@@H](c2ccccc2)C1. The third-order valence-corrected chi connectivity index (χ3v) is 2.58. The molecule has 0 saturated heterocycles. The van der Waals surface area contributed by atoms with E-state index in [4.69, 9.17) is 4.74 Å². The molecular weight excluding hydrogens is 172 g/mol. The first-order valence-electron chi connectivity index (χ1n) is 5.13.